The maximum atomic E-state index is 13.2. The molecule has 1 aromatic heterocycles. The summed E-state index contributed by atoms with van der Waals surface area (Å²) in [6.07, 6.45) is 1.97. The minimum absolute atomic E-state index is 0.132. The fraction of sp³-hybridized carbons (Fsp3) is 0.261. The highest BCUT2D eigenvalue weighted by molar-refractivity contribution is 7.92. The summed E-state index contributed by atoms with van der Waals surface area (Å²) in [5, 5.41) is 7.54. The van der Waals surface area contributed by atoms with Gasteiger partial charge in [0.25, 0.3) is 10.0 Å². The topological polar surface area (TPSA) is 118 Å². The summed E-state index contributed by atoms with van der Waals surface area (Å²) < 4.78 is 34.5. The summed E-state index contributed by atoms with van der Waals surface area (Å²) in [5.41, 5.74) is 7.27. The molecule has 8 nitrogen and oxygen atoms in total. The number of nitrogens with two attached hydrogens (primary N) is 1. The van der Waals surface area contributed by atoms with Crippen molar-refractivity contribution in [3.8, 4) is 0 Å². The second-order valence-electron chi connectivity index (χ2n) is 7.27. The van der Waals surface area contributed by atoms with E-state index in [2.05, 4.69) is 20.3 Å². The molecule has 0 saturated carbocycles. The number of hydrogen-bond donors (Lipinski definition) is 4. The molecule has 0 unspecified atom stereocenters. The van der Waals surface area contributed by atoms with E-state index in [0.717, 1.165) is 5.69 Å². The summed E-state index contributed by atoms with van der Waals surface area (Å²) in [7, 11) is -3.90. The zero-order valence-corrected chi connectivity index (χ0v) is 20.8. The molecule has 0 saturated heterocycles. The van der Waals surface area contributed by atoms with Crippen LogP contribution in [-0.4, -0.2) is 46.2 Å². The third kappa shape index (κ3) is 7.75. The van der Waals surface area contributed by atoms with Crippen molar-refractivity contribution >= 4 is 50.4 Å². The van der Waals surface area contributed by atoms with Crippen molar-refractivity contribution in [1.82, 2.24) is 4.98 Å². The Morgan fingerprint density at radius 3 is 2.44 bits per heavy atom. The number of nitrogens with one attached hydrogen (secondary N) is 3. The van der Waals surface area contributed by atoms with Crippen LogP contribution < -0.4 is 21.1 Å². The minimum Gasteiger partial charge on any atom is -0.383 e. The van der Waals surface area contributed by atoms with Gasteiger partial charge in [-0.05, 0) is 66.6 Å². The first-order chi connectivity index (χ1) is 16.4. The number of rotatable bonds is 13. The lowest BCUT2D eigenvalue weighted by Crippen LogP contribution is -2.19. The second-order valence-corrected chi connectivity index (χ2v) is 9.79. The van der Waals surface area contributed by atoms with Gasteiger partial charge in [0.1, 0.15) is 5.82 Å². The molecule has 2 aromatic carbocycles. The molecule has 0 radical (unpaired) electrons. The molecule has 0 fully saturated rings. The highest BCUT2D eigenvalue weighted by atomic mass is 35.5. The Bertz CT molecular complexity index is 1180. The molecule has 11 heteroatoms. The number of ether oxygens (including phenoxy) is 1. The summed E-state index contributed by atoms with van der Waals surface area (Å²) in [6.45, 7) is 2.24. The van der Waals surface area contributed by atoms with Crippen molar-refractivity contribution in [2.75, 3.05) is 48.2 Å². The van der Waals surface area contributed by atoms with Crippen molar-refractivity contribution in [2.24, 2.45) is 5.73 Å². The average molecular weight is 524 g/mol. The van der Waals surface area contributed by atoms with Crippen LogP contribution >= 0.6 is 23.2 Å². The van der Waals surface area contributed by atoms with Gasteiger partial charge in [0.05, 0.1) is 23.8 Å². The number of benzene rings is 2. The molecule has 0 amide bonds. The van der Waals surface area contributed by atoms with Crippen LogP contribution in [0, 0.1) is 0 Å². The fourth-order valence-corrected chi connectivity index (χ4v) is 4.80. The van der Waals surface area contributed by atoms with E-state index in [9.17, 15) is 8.42 Å². The van der Waals surface area contributed by atoms with E-state index in [1.165, 1.54) is 6.07 Å². The Labute approximate surface area is 209 Å². The van der Waals surface area contributed by atoms with E-state index in [4.69, 9.17) is 33.7 Å². The van der Waals surface area contributed by atoms with E-state index >= 15 is 0 Å². The normalized spacial score (nSPS) is 11.3. The Balaban J connectivity index is 1.67. The van der Waals surface area contributed by atoms with Crippen LogP contribution in [0.5, 0.6) is 0 Å². The lowest BCUT2D eigenvalue weighted by molar-refractivity contribution is 0.144. The number of anilines is 3. The lowest BCUT2D eigenvalue weighted by Gasteiger charge is -2.16. The fourth-order valence-electron chi connectivity index (χ4n) is 3.16. The number of hydrogen-bond acceptors (Lipinski definition) is 7. The van der Waals surface area contributed by atoms with Gasteiger partial charge in [-0.3, -0.25) is 4.72 Å². The predicted molar refractivity (Wildman–Crippen MR) is 139 cm³/mol. The number of aromatic nitrogens is 1. The Morgan fingerprint density at radius 2 is 1.68 bits per heavy atom. The SMILES string of the molecule is NCCOCCc1cc(Cl)ccc1S(=O)(=O)Nc1cccnc1NCCNc1ccc(Cl)cc1. The lowest BCUT2D eigenvalue weighted by atomic mass is 10.1. The number of nitrogens with zero attached hydrogens (tertiary/aromatic N) is 1. The molecule has 3 aromatic rings. The van der Waals surface area contributed by atoms with Gasteiger partial charge in [0.15, 0.2) is 0 Å². The molecule has 0 aliphatic heterocycles. The van der Waals surface area contributed by atoms with Gasteiger partial charge < -0.3 is 21.1 Å². The van der Waals surface area contributed by atoms with Gasteiger partial charge in [-0.1, -0.05) is 23.2 Å². The number of pyridine rings is 1. The van der Waals surface area contributed by atoms with Gasteiger partial charge in [-0.25, -0.2) is 13.4 Å². The third-order valence-electron chi connectivity index (χ3n) is 4.73. The molecule has 1 heterocycles. The monoisotopic (exact) mass is 523 g/mol. The van der Waals surface area contributed by atoms with Crippen molar-refractivity contribution in [3.05, 3.63) is 76.4 Å². The molecule has 5 N–H and O–H groups in total. The first kappa shape index (κ1) is 26.1. The van der Waals surface area contributed by atoms with Crippen molar-refractivity contribution in [1.29, 1.82) is 0 Å². The highest BCUT2D eigenvalue weighted by Gasteiger charge is 2.20. The van der Waals surface area contributed by atoms with E-state index < -0.39 is 10.0 Å². The van der Waals surface area contributed by atoms with Crippen LogP contribution in [-0.2, 0) is 21.2 Å². The molecule has 182 valence electrons. The van der Waals surface area contributed by atoms with E-state index in [0.29, 0.717) is 66.4 Å². The van der Waals surface area contributed by atoms with Gasteiger partial charge >= 0.3 is 0 Å². The largest absolute Gasteiger partial charge is 0.383 e. The summed E-state index contributed by atoms with van der Waals surface area (Å²) in [5.74, 6) is 0.422. The van der Waals surface area contributed by atoms with Crippen LogP contribution in [0.15, 0.2) is 65.7 Å². The number of halogens is 2. The number of sulfonamides is 1. The second kappa shape index (κ2) is 12.8. The summed E-state index contributed by atoms with van der Waals surface area (Å²) in [4.78, 5) is 4.41. The van der Waals surface area contributed by atoms with Crippen LogP contribution in [0.2, 0.25) is 10.0 Å². The summed E-state index contributed by atoms with van der Waals surface area (Å²) >= 11 is 12.0. The molecule has 0 bridgehead atoms. The standard InChI is InChI=1S/C23H27Cl2N5O3S/c24-18-3-6-20(7-4-18)27-12-13-29-23-21(2-1-11-28-23)30-34(31,32)22-8-5-19(25)16-17(22)9-14-33-15-10-26/h1-8,11,16,27,30H,9-10,12-15,26H2,(H,28,29). The molecular weight excluding hydrogens is 497 g/mol. The Kier molecular flexibility index (Phi) is 9.79. The smallest absolute Gasteiger partial charge is 0.262 e. The highest BCUT2D eigenvalue weighted by Crippen LogP contribution is 2.26. The van der Waals surface area contributed by atoms with E-state index in [1.807, 2.05) is 12.1 Å². The van der Waals surface area contributed by atoms with E-state index in [-0.39, 0.29) is 4.90 Å². The predicted octanol–water partition coefficient (Wildman–Crippen LogP) is 4.23. The third-order valence-corrected chi connectivity index (χ3v) is 6.69. The quantitative estimate of drug-likeness (QED) is 0.247. The maximum Gasteiger partial charge on any atom is 0.262 e. The summed E-state index contributed by atoms with van der Waals surface area (Å²) in [6, 6.07) is 15.4. The molecular formula is C23H27Cl2N5O3S. The van der Waals surface area contributed by atoms with Gasteiger partial charge in [0.2, 0.25) is 0 Å². The minimum atomic E-state index is -3.90. The molecule has 0 aliphatic rings. The van der Waals surface area contributed by atoms with Crippen LogP contribution in [0.4, 0.5) is 17.2 Å². The molecule has 0 aliphatic carbocycles. The van der Waals surface area contributed by atoms with Crippen molar-refractivity contribution in [2.45, 2.75) is 11.3 Å². The maximum absolute atomic E-state index is 13.2. The van der Waals surface area contributed by atoms with Crippen LogP contribution in [0.3, 0.4) is 0 Å². The van der Waals surface area contributed by atoms with Crippen molar-refractivity contribution in [3.63, 3.8) is 0 Å². The Hall–Kier alpha value is -2.56. The van der Waals surface area contributed by atoms with Crippen molar-refractivity contribution < 1.29 is 13.2 Å². The molecule has 0 spiro atoms. The van der Waals surface area contributed by atoms with E-state index in [1.54, 1.807) is 42.6 Å². The first-order valence-electron chi connectivity index (χ1n) is 10.7. The Morgan fingerprint density at radius 1 is 0.941 bits per heavy atom. The molecule has 34 heavy (non-hydrogen) atoms. The van der Waals surface area contributed by atoms with Gasteiger partial charge in [-0.2, -0.15) is 0 Å². The van der Waals surface area contributed by atoms with Crippen LogP contribution in [0.25, 0.3) is 0 Å². The molecule has 3 rings (SSSR count). The van der Waals surface area contributed by atoms with Crippen LogP contribution in [0.1, 0.15) is 5.56 Å². The van der Waals surface area contributed by atoms with Gasteiger partial charge in [-0.15, -0.1) is 0 Å². The zero-order chi connectivity index (χ0) is 24.4. The first-order valence-corrected chi connectivity index (χ1v) is 12.9. The zero-order valence-electron chi connectivity index (χ0n) is 18.4. The molecule has 0 atom stereocenters. The average Bonchev–Trinajstić information content (AvgIpc) is 2.81. The van der Waals surface area contributed by atoms with Gasteiger partial charge in [0, 0.05) is 41.6 Å².